The van der Waals surface area contributed by atoms with Crippen LogP contribution in [0.15, 0.2) is 0 Å². The van der Waals surface area contributed by atoms with E-state index in [0.717, 1.165) is 12.7 Å². The van der Waals surface area contributed by atoms with Crippen LogP contribution in [0.5, 0.6) is 0 Å². The highest BCUT2D eigenvalue weighted by atomic mass is 16.1. The van der Waals surface area contributed by atoms with Crippen LogP contribution in [-0.4, -0.2) is 6.29 Å². The Morgan fingerprint density at radius 2 is 2.00 bits per heavy atom. The number of rotatable bonds is 6. The first-order chi connectivity index (χ1) is 5.52. The van der Waals surface area contributed by atoms with Crippen LogP contribution >= 0.6 is 0 Å². The van der Waals surface area contributed by atoms with Crippen LogP contribution in [0.4, 0.5) is 0 Å². The fourth-order valence-corrected chi connectivity index (χ4v) is 1.15. The second kappa shape index (κ2) is 5.34. The average Bonchev–Trinajstić information content (AvgIpc) is 2.04. The molecule has 0 rings (SSSR count). The molecule has 0 amide bonds. The summed E-state index contributed by atoms with van der Waals surface area (Å²) in [4.78, 5) is 10.3. The van der Waals surface area contributed by atoms with Gasteiger partial charge in [0.1, 0.15) is 6.29 Å². The van der Waals surface area contributed by atoms with Gasteiger partial charge in [-0.05, 0) is 18.3 Å². The van der Waals surface area contributed by atoms with Crippen molar-refractivity contribution in [1.82, 2.24) is 0 Å². The molecule has 0 bridgehead atoms. The molecule has 0 radical (unpaired) electrons. The molecule has 0 N–H and O–H groups in total. The van der Waals surface area contributed by atoms with Gasteiger partial charge in [-0.25, -0.2) is 0 Å². The van der Waals surface area contributed by atoms with Gasteiger partial charge in [0.05, 0.1) is 0 Å². The van der Waals surface area contributed by atoms with Crippen molar-refractivity contribution < 1.29 is 4.79 Å². The van der Waals surface area contributed by atoms with E-state index in [-0.39, 0.29) is 5.92 Å². The minimum absolute atomic E-state index is 0.248. The Balaban J connectivity index is 3.49. The summed E-state index contributed by atoms with van der Waals surface area (Å²) in [5.41, 5.74) is 0.461. The molecule has 72 valence electrons. The predicted octanol–water partition coefficient (Wildman–Crippen LogP) is 3.43. The van der Waals surface area contributed by atoms with E-state index in [9.17, 15) is 4.79 Å². The first-order valence-corrected chi connectivity index (χ1v) is 4.97. The normalized spacial score (nSPS) is 14.3. The van der Waals surface area contributed by atoms with Crippen LogP contribution in [0, 0.1) is 11.3 Å². The Labute approximate surface area is 76.6 Å². The molecule has 0 saturated carbocycles. The highest BCUT2D eigenvalue weighted by Crippen LogP contribution is 2.27. The van der Waals surface area contributed by atoms with Crippen LogP contribution in [0.1, 0.15) is 53.4 Å². The van der Waals surface area contributed by atoms with E-state index >= 15 is 0 Å². The van der Waals surface area contributed by atoms with E-state index in [1.807, 2.05) is 6.92 Å². The fourth-order valence-electron chi connectivity index (χ4n) is 1.15. The minimum Gasteiger partial charge on any atom is -0.303 e. The van der Waals surface area contributed by atoms with Crippen molar-refractivity contribution in [2.24, 2.45) is 11.3 Å². The minimum atomic E-state index is 0.248. The van der Waals surface area contributed by atoms with Gasteiger partial charge < -0.3 is 4.79 Å². The third kappa shape index (κ3) is 5.34. The van der Waals surface area contributed by atoms with Crippen molar-refractivity contribution in [3.05, 3.63) is 0 Å². The molecule has 1 heteroatoms. The smallest absolute Gasteiger partial charge is 0.122 e. The van der Waals surface area contributed by atoms with Crippen molar-refractivity contribution in [2.45, 2.75) is 53.4 Å². The van der Waals surface area contributed by atoms with Gasteiger partial charge >= 0.3 is 0 Å². The summed E-state index contributed by atoms with van der Waals surface area (Å²) in [5, 5.41) is 0. The summed E-state index contributed by atoms with van der Waals surface area (Å²) in [5.74, 6) is 0.248. The van der Waals surface area contributed by atoms with Gasteiger partial charge in [-0.15, -0.1) is 0 Å². The number of carbonyl (C=O) groups excluding carboxylic acids is 1. The zero-order valence-corrected chi connectivity index (χ0v) is 8.89. The van der Waals surface area contributed by atoms with E-state index < -0.39 is 0 Å². The van der Waals surface area contributed by atoms with Gasteiger partial charge in [0.2, 0.25) is 0 Å². The lowest BCUT2D eigenvalue weighted by Gasteiger charge is -2.22. The Bertz CT molecular complexity index is 127. The fraction of sp³-hybridized carbons (Fsp3) is 0.909. The third-order valence-electron chi connectivity index (χ3n) is 2.70. The number of hydrogen-bond acceptors (Lipinski definition) is 1. The van der Waals surface area contributed by atoms with Crippen molar-refractivity contribution in [3.8, 4) is 0 Å². The lowest BCUT2D eigenvalue weighted by atomic mass is 9.84. The Morgan fingerprint density at radius 3 is 2.42 bits per heavy atom. The van der Waals surface area contributed by atoms with Gasteiger partial charge in [-0.3, -0.25) is 0 Å². The largest absolute Gasteiger partial charge is 0.303 e. The molecular weight excluding hydrogens is 148 g/mol. The number of hydrogen-bond donors (Lipinski definition) is 0. The van der Waals surface area contributed by atoms with Crippen LogP contribution in [0.3, 0.4) is 0 Å². The maximum atomic E-state index is 10.3. The van der Waals surface area contributed by atoms with Gasteiger partial charge in [-0.1, -0.05) is 40.5 Å². The summed E-state index contributed by atoms with van der Waals surface area (Å²) >= 11 is 0. The predicted molar refractivity (Wildman–Crippen MR) is 53.2 cm³/mol. The second-order valence-corrected chi connectivity index (χ2v) is 4.52. The van der Waals surface area contributed by atoms with E-state index in [0.29, 0.717) is 5.41 Å². The van der Waals surface area contributed by atoms with Crippen molar-refractivity contribution >= 4 is 6.29 Å². The molecule has 0 aromatic carbocycles. The van der Waals surface area contributed by atoms with Crippen LogP contribution in [-0.2, 0) is 4.79 Å². The van der Waals surface area contributed by atoms with Crippen LogP contribution in [0.25, 0.3) is 0 Å². The summed E-state index contributed by atoms with van der Waals surface area (Å²) in [7, 11) is 0. The summed E-state index contributed by atoms with van der Waals surface area (Å²) < 4.78 is 0. The Hall–Kier alpha value is -0.330. The quantitative estimate of drug-likeness (QED) is 0.558. The van der Waals surface area contributed by atoms with Crippen LogP contribution < -0.4 is 0 Å². The SMILES string of the molecule is CCC(C)(C)CCCC(C)C=O. The van der Waals surface area contributed by atoms with E-state index in [4.69, 9.17) is 0 Å². The molecule has 0 heterocycles. The number of carbonyl (C=O) groups is 1. The van der Waals surface area contributed by atoms with Crippen molar-refractivity contribution in [2.75, 3.05) is 0 Å². The van der Waals surface area contributed by atoms with E-state index in [2.05, 4.69) is 20.8 Å². The monoisotopic (exact) mass is 170 g/mol. The Kier molecular flexibility index (Phi) is 5.19. The molecule has 0 aromatic rings. The first kappa shape index (κ1) is 11.7. The molecule has 0 saturated heterocycles. The summed E-state index contributed by atoms with van der Waals surface area (Å²) in [6.07, 6.45) is 5.75. The Morgan fingerprint density at radius 1 is 1.42 bits per heavy atom. The maximum absolute atomic E-state index is 10.3. The maximum Gasteiger partial charge on any atom is 0.122 e. The van der Waals surface area contributed by atoms with Gasteiger partial charge in [0.25, 0.3) is 0 Å². The zero-order chi connectivity index (χ0) is 9.61. The third-order valence-corrected chi connectivity index (χ3v) is 2.70. The lowest BCUT2D eigenvalue weighted by molar-refractivity contribution is -0.110. The molecule has 0 aliphatic carbocycles. The van der Waals surface area contributed by atoms with Crippen LogP contribution in [0.2, 0.25) is 0 Å². The molecule has 12 heavy (non-hydrogen) atoms. The first-order valence-electron chi connectivity index (χ1n) is 4.97. The molecule has 1 unspecified atom stereocenters. The topological polar surface area (TPSA) is 17.1 Å². The second-order valence-electron chi connectivity index (χ2n) is 4.52. The van der Waals surface area contributed by atoms with Gasteiger partial charge in [0, 0.05) is 5.92 Å². The molecule has 0 aliphatic rings. The molecule has 0 aliphatic heterocycles. The van der Waals surface area contributed by atoms with Gasteiger partial charge in [-0.2, -0.15) is 0 Å². The van der Waals surface area contributed by atoms with Gasteiger partial charge in [0.15, 0.2) is 0 Å². The molecule has 0 spiro atoms. The molecular formula is C11H22O. The van der Waals surface area contributed by atoms with Crippen molar-refractivity contribution in [3.63, 3.8) is 0 Å². The standard InChI is InChI=1S/C11H22O/c1-5-11(3,4)8-6-7-10(2)9-12/h9-10H,5-8H2,1-4H3. The molecule has 1 atom stereocenters. The highest BCUT2D eigenvalue weighted by Gasteiger charge is 2.14. The van der Waals surface area contributed by atoms with Crippen molar-refractivity contribution in [1.29, 1.82) is 0 Å². The zero-order valence-electron chi connectivity index (χ0n) is 8.89. The molecule has 0 fully saturated rings. The van der Waals surface area contributed by atoms with E-state index in [1.165, 1.54) is 19.3 Å². The lowest BCUT2D eigenvalue weighted by Crippen LogP contribution is -2.10. The van der Waals surface area contributed by atoms with E-state index in [1.54, 1.807) is 0 Å². The molecule has 1 nitrogen and oxygen atoms in total. The average molecular weight is 170 g/mol. The number of aldehydes is 1. The highest BCUT2D eigenvalue weighted by molar-refractivity contribution is 5.52. The summed E-state index contributed by atoms with van der Waals surface area (Å²) in [6, 6.07) is 0. The molecule has 0 aromatic heterocycles. The summed E-state index contributed by atoms with van der Waals surface area (Å²) in [6.45, 7) is 8.80.